The third kappa shape index (κ3) is 3.76. The van der Waals surface area contributed by atoms with Crippen molar-refractivity contribution < 1.29 is 0 Å². The zero-order valence-corrected chi connectivity index (χ0v) is 12.2. The van der Waals surface area contributed by atoms with E-state index in [-0.39, 0.29) is 0 Å². The normalized spacial score (nSPS) is 15.0. The summed E-state index contributed by atoms with van der Waals surface area (Å²) in [6.07, 6.45) is 8.75. The maximum absolute atomic E-state index is 4.10. The first-order valence-corrected chi connectivity index (χ1v) is 7.65. The lowest BCUT2D eigenvalue weighted by Crippen LogP contribution is -2.19. The van der Waals surface area contributed by atoms with Gasteiger partial charge in [0.2, 0.25) is 0 Å². The van der Waals surface area contributed by atoms with E-state index >= 15 is 0 Å². The van der Waals surface area contributed by atoms with Crippen molar-refractivity contribution in [3.05, 3.63) is 47.8 Å². The highest BCUT2D eigenvalue weighted by Crippen LogP contribution is 2.19. The van der Waals surface area contributed by atoms with Gasteiger partial charge in [-0.3, -0.25) is 0 Å². The SMILES string of the molecule is C1=C(CCNCc2nnnn2-c2ccccc2)CCCC1. The molecule has 21 heavy (non-hydrogen) atoms. The highest BCUT2D eigenvalue weighted by atomic mass is 15.5. The Morgan fingerprint density at radius 3 is 2.86 bits per heavy atom. The summed E-state index contributed by atoms with van der Waals surface area (Å²) in [6, 6.07) is 9.98. The van der Waals surface area contributed by atoms with Crippen molar-refractivity contribution in [2.24, 2.45) is 0 Å². The minimum absolute atomic E-state index is 0.690. The maximum Gasteiger partial charge on any atom is 0.170 e. The van der Waals surface area contributed by atoms with Crippen LogP contribution in [0.25, 0.3) is 5.69 Å². The van der Waals surface area contributed by atoms with Crippen LogP contribution in [0.1, 0.15) is 37.9 Å². The Kier molecular flexibility index (Phi) is 4.74. The van der Waals surface area contributed by atoms with E-state index in [1.165, 1.54) is 25.7 Å². The molecule has 0 saturated heterocycles. The predicted octanol–water partition coefficient (Wildman–Crippen LogP) is 2.64. The van der Waals surface area contributed by atoms with Crippen LogP contribution in [-0.4, -0.2) is 26.8 Å². The standard InChI is InChI=1S/C16H21N5/c1-3-7-14(8-4-1)11-12-17-13-16-18-19-20-21(16)15-9-5-2-6-10-15/h2,5-7,9-10,17H,1,3-4,8,11-13H2. The molecule has 0 atom stereocenters. The molecule has 0 aliphatic heterocycles. The smallest absolute Gasteiger partial charge is 0.170 e. The largest absolute Gasteiger partial charge is 0.309 e. The molecule has 1 aliphatic rings. The number of hydrogen-bond acceptors (Lipinski definition) is 4. The zero-order chi connectivity index (χ0) is 14.3. The van der Waals surface area contributed by atoms with Crippen molar-refractivity contribution in [3.8, 4) is 5.69 Å². The summed E-state index contributed by atoms with van der Waals surface area (Å²) >= 11 is 0. The van der Waals surface area contributed by atoms with Crippen LogP contribution in [-0.2, 0) is 6.54 Å². The molecule has 1 heterocycles. The van der Waals surface area contributed by atoms with Gasteiger partial charge in [-0.1, -0.05) is 29.8 Å². The molecule has 1 aliphatic carbocycles. The van der Waals surface area contributed by atoms with E-state index in [1.807, 2.05) is 30.3 Å². The van der Waals surface area contributed by atoms with Crippen molar-refractivity contribution in [2.45, 2.75) is 38.6 Å². The molecular formula is C16H21N5. The molecule has 1 aromatic heterocycles. The van der Waals surface area contributed by atoms with E-state index in [1.54, 1.807) is 10.3 Å². The number of nitrogens with one attached hydrogen (secondary N) is 1. The molecule has 110 valence electrons. The van der Waals surface area contributed by atoms with Crippen molar-refractivity contribution >= 4 is 0 Å². The number of tetrazole rings is 1. The Labute approximate surface area is 125 Å². The Morgan fingerprint density at radius 1 is 1.14 bits per heavy atom. The molecule has 0 radical (unpaired) electrons. The van der Waals surface area contributed by atoms with Crippen molar-refractivity contribution in [1.29, 1.82) is 0 Å². The van der Waals surface area contributed by atoms with Gasteiger partial charge in [-0.2, -0.15) is 4.68 Å². The summed E-state index contributed by atoms with van der Waals surface area (Å²) in [7, 11) is 0. The molecule has 0 bridgehead atoms. The lowest BCUT2D eigenvalue weighted by molar-refractivity contribution is 0.611. The number of allylic oxidation sites excluding steroid dienone is 1. The summed E-state index contributed by atoms with van der Waals surface area (Å²) in [5.74, 6) is 0.846. The average molecular weight is 283 g/mol. The van der Waals surface area contributed by atoms with Gasteiger partial charge in [0.1, 0.15) is 0 Å². The van der Waals surface area contributed by atoms with E-state index in [4.69, 9.17) is 0 Å². The fourth-order valence-electron chi connectivity index (χ4n) is 2.67. The second-order valence-electron chi connectivity index (χ2n) is 5.38. The summed E-state index contributed by atoms with van der Waals surface area (Å²) in [4.78, 5) is 0. The van der Waals surface area contributed by atoms with Crippen LogP contribution in [0.4, 0.5) is 0 Å². The molecule has 5 heteroatoms. The number of para-hydroxylation sites is 1. The molecule has 1 aromatic carbocycles. The van der Waals surface area contributed by atoms with Crippen LogP contribution >= 0.6 is 0 Å². The van der Waals surface area contributed by atoms with Crippen molar-refractivity contribution in [2.75, 3.05) is 6.54 Å². The second-order valence-corrected chi connectivity index (χ2v) is 5.38. The van der Waals surface area contributed by atoms with Gasteiger partial charge in [0.05, 0.1) is 12.2 Å². The van der Waals surface area contributed by atoms with Crippen LogP contribution in [0.5, 0.6) is 0 Å². The quantitative estimate of drug-likeness (QED) is 0.654. The number of rotatable bonds is 6. The summed E-state index contributed by atoms with van der Waals surface area (Å²) in [5, 5.41) is 15.4. The third-order valence-electron chi connectivity index (χ3n) is 3.83. The molecule has 2 aromatic rings. The van der Waals surface area contributed by atoms with Crippen molar-refractivity contribution in [3.63, 3.8) is 0 Å². The monoisotopic (exact) mass is 283 g/mol. The molecule has 0 spiro atoms. The Hall–Kier alpha value is -2.01. The van der Waals surface area contributed by atoms with Gasteiger partial charge >= 0.3 is 0 Å². The zero-order valence-electron chi connectivity index (χ0n) is 12.2. The first-order valence-electron chi connectivity index (χ1n) is 7.65. The second kappa shape index (κ2) is 7.13. The van der Waals surface area contributed by atoms with Gasteiger partial charge in [0.25, 0.3) is 0 Å². The molecule has 0 amide bonds. The molecule has 0 fully saturated rings. The number of nitrogens with zero attached hydrogens (tertiary/aromatic N) is 4. The van der Waals surface area contributed by atoms with Crippen LogP contribution in [0.3, 0.4) is 0 Å². The maximum atomic E-state index is 4.10. The summed E-state index contributed by atoms with van der Waals surface area (Å²) in [5.41, 5.74) is 2.59. The van der Waals surface area contributed by atoms with E-state index in [0.717, 1.165) is 24.5 Å². The lowest BCUT2D eigenvalue weighted by Gasteiger charge is -2.12. The molecule has 0 saturated carbocycles. The summed E-state index contributed by atoms with van der Waals surface area (Å²) in [6.45, 7) is 1.67. The molecule has 0 unspecified atom stereocenters. The first-order chi connectivity index (χ1) is 10.4. The van der Waals surface area contributed by atoms with Gasteiger partial charge in [-0.15, -0.1) is 5.10 Å². The fourth-order valence-corrected chi connectivity index (χ4v) is 2.67. The number of aromatic nitrogens is 4. The Balaban J connectivity index is 1.52. The predicted molar refractivity (Wildman–Crippen MR) is 82.0 cm³/mol. The summed E-state index contributed by atoms with van der Waals surface area (Å²) < 4.78 is 1.78. The topological polar surface area (TPSA) is 55.6 Å². The average Bonchev–Trinajstić information content (AvgIpc) is 3.02. The Bertz CT molecular complexity index is 588. The highest BCUT2D eigenvalue weighted by Gasteiger charge is 2.08. The third-order valence-corrected chi connectivity index (χ3v) is 3.83. The fraction of sp³-hybridized carbons (Fsp3) is 0.438. The van der Waals surface area contributed by atoms with E-state index in [2.05, 4.69) is 26.9 Å². The van der Waals surface area contributed by atoms with E-state index in [0.29, 0.717) is 6.54 Å². The van der Waals surface area contributed by atoms with Gasteiger partial charge in [0.15, 0.2) is 5.82 Å². The van der Waals surface area contributed by atoms with Gasteiger partial charge in [-0.05, 0) is 61.2 Å². The van der Waals surface area contributed by atoms with E-state index < -0.39 is 0 Å². The first kappa shape index (κ1) is 13.9. The van der Waals surface area contributed by atoms with Crippen LogP contribution in [0.2, 0.25) is 0 Å². The minimum Gasteiger partial charge on any atom is -0.309 e. The molecule has 1 N–H and O–H groups in total. The van der Waals surface area contributed by atoms with Gasteiger partial charge in [-0.25, -0.2) is 0 Å². The molecule has 5 nitrogen and oxygen atoms in total. The van der Waals surface area contributed by atoms with Crippen LogP contribution in [0, 0.1) is 0 Å². The molecule has 3 rings (SSSR count). The number of benzene rings is 1. The van der Waals surface area contributed by atoms with Gasteiger partial charge < -0.3 is 5.32 Å². The van der Waals surface area contributed by atoms with E-state index in [9.17, 15) is 0 Å². The van der Waals surface area contributed by atoms with Crippen LogP contribution < -0.4 is 5.32 Å². The number of hydrogen-bond donors (Lipinski definition) is 1. The molecular weight excluding hydrogens is 262 g/mol. The Morgan fingerprint density at radius 2 is 2.05 bits per heavy atom. The van der Waals surface area contributed by atoms with Gasteiger partial charge in [0, 0.05) is 0 Å². The van der Waals surface area contributed by atoms with Crippen molar-refractivity contribution in [1.82, 2.24) is 25.5 Å². The minimum atomic E-state index is 0.690. The van der Waals surface area contributed by atoms with Crippen LogP contribution in [0.15, 0.2) is 42.0 Å². The highest BCUT2D eigenvalue weighted by molar-refractivity contribution is 5.30. The lowest BCUT2D eigenvalue weighted by atomic mass is 9.97.